The van der Waals surface area contributed by atoms with E-state index in [1.807, 2.05) is 0 Å². The molecule has 0 amide bonds. The number of nitrogens with one attached hydrogen (secondary N) is 1. The Bertz CT molecular complexity index is 1010. The van der Waals surface area contributed by atoms with Crippen molar-refractivity contribution in [1.82, 2.24) is 0 Å². The zero-order valence-electron chi connectivity index (χ0n) is 15.4. The number of hydrogen-bond donors (Lipinski definition) is 2. The molecule has 2 atom stereocenters. The monoisotopic (exact) mass is 546 g/mol. The third kappa shape index (κ3) is 3.60. The Morgan fingerprint density at radius 1 is 1.34 bits per heavy atom. The van der Waals surface area contributed by atoms with Crippen molar-refractivity contribution < 1.29 is 26.0 Å². The molecule has 3 N–H and O–H groups in total. The molecule has 2 aliphatic heterocycles. The van der Waals surface area contributed by atoms with E-state index in [2.05, 4.69) is 9.71 Å². The number of amidine groups is 1. The number of nitrogens with two attached hydrogens (primary N) is 1. The summed E-state index contributed by atoms with van der Waals surface area (Å²) in [6.45, 7) is 1.44. The molecule has 12 heteroatoms. The van der Waals surface area contributed by atoms with Crippen molar-refractivity contribution in [2.24, 2.45) is 16.0 Å². The summed E-state index contributed by atoms with van der Waals surface area (Å²) in [5.41, 5.74) is 4.75. The van der Waals surface area contributed by atoms with Crippen LogP contribution < -0.4 is 16.0 Å². The van der Waals surface area contributed by atoms with Crippen molar-refractivity contribution in [2.75, 3.05) is 16.8 Å². The average Bonchev–Trinajstić information content (AvgIpc) is 3.38. The van der Waals surface area contributed by atoms with E-state index in [-0.39, 0.29) is 36.1 Å². The molecule has 29 heavy (non-hydrogen) atoms. The lowest BCUT2D eigenvalue weighted by atomic mass is 9.85. The highest BCUT2D eigenvalue weighted by Gasteiger charge is 2.61. The molecule has 0 radical (unpaired) electrons. The molecule has 0 bridgehead atoms. The molecule has 6 nitrogen and oxygen atoms in total. The molecule has 2 heterocycles. The van der Waals surface area contributed by atoms with Gasteiger partial charge >= 0.3 is 6.18 Å². The number of anilines is 2. The van der Waals surface area contributed by atoms with Crippen LogP contribution in [0.1, 0.15) is 32.6 Å². The van der Waals surface area contributed by atoms with Crippen molar-refractivity contribution in [3.8, 4) is 0 Å². The number of piperidine rings is 1. The van der Waals surface area contributed by atoms with Gasteiger partial charge in [-0.1, -0.05) is 0 Å². The van der Waals surface area contributed by atoms with Crippen molar-refractivity contribution in [1.29, 1.82) is 0 Å². The molecule has 1 aromatic carbocycles. The van der Waals surface area contributed by atoms with Gasteiger partial charge in [-0.25, -0.2) is 4.39 Å². The first-order valence-electron chi connectivity index (χ1n) is 9.01. The minimum Gasteiger partial charge on any atom is -0.347 e. The Morgan fingerprint density at radius 2 is 2.00 bits per heavy atom. The second kappa shape index (κ2) is 6.42. The predicted octanol–water partition coefficient (Wildman–Crippen LogP) is 3.76. The lowest BCUT2D eigenvalue weighted by Crippen LogP contribution is -2.64. The number of benzene rings is 1. The van der Waals surface area contributed by atoms with Crippen molar-refractivity contribution in [3.63, 3.8) is 0 Å². The highest BCUT2D eigenvalue weighted by molar-refractivity contribution is 14.1. The van der Waals surface area contributed by atoms with Crippen LogP contribution in [0.3, 0.4) is 0 Å². The first-order valence-corrected chi connectivity index (χ1v) is 11.5. The number of sulfonamides is 1. The smallest absolute Gasteiger partial charge is 0.347 e. The van der Waals surface area contributed by atoms with E-state index < -0.39 is 42.4 Å². The third-order valence-corrected chi connectivity index (χ3v) is 8.35. The molecular formula is C17H19F4IN4O2S. The van der Waals surface area contributed by atoms with Crippen molar-refractivity contribution in [2.45, 2.75) is 52.8 Å². The van der Waals surface area contributed by atoms with Gasteiger partial charge < -0.3 is 16.0 Å². The van der Waals surface area contributed by atoms with E-state index >= 15 is 0 Å². The van der Waals surface area contributed by atoms with Crippen molar-refractivity contribution >= 4 is 49.8 Å². The van der Waals surface area contributed by atoms with Crippen molar-refractivity contribution in [3.05, 3.63) is 17.9 Å². The van der Waals surface area contributed by atoms with Gasteiger partial charge in [0.25, 0.3) is 10.0 Å². The summed E-state index contributed by atoms with van der Waals surface area (Å²) in [5.74, 6) is -0.843. The summed E-state index contributed by atoms with van der Waals surface area (Å²) in [6, 6.07) is 1.73. The Balaban J connectivity index is 1.89. The second-order valence-electron chi connectivity index (χ2n) is 8.14. The summed E-state index contributed by atoms with van der Waals surface area (Å²) in [5, 5.41) is 2.88. The van der Waals surface area contributed by atoms with Crippen LogP contribution >= 0.6 is 22.6 Å². The maximum Gasteiger partial charge on any atom is 0.421 e. The first-order chi connectivity index (χ1) is 13.2. The van der Waals surface area contributed by atoms with E-state index in [1.54, 1.807) is 6.92 Å². The van der Waals surface area contributed by atoms with E-state index in [9.17, 15) is 26.0 Å². The standard InChI is InChI=1S/C17H19F4IN4O2S/c1-15(23)4-5-26(16(22,8-15)17(19,20)21)11-6-10(18)7-12-13(11)24-14(9-2-3-9)25-29(12,27)28/h6-7,9H,2-5,8,23H2,1H3,(H,24,25)/t15?,16-/m0/s1. The van der Waals surface area contributed by atoms with Gasteiger partial charge in [-0.15, -0.1) is 4.40 Å². The zero-order valence-corrected chi connectivity index (χ0v) is 18.3. The normalized spacial score (nSPS) is 31.7. The number of rotatable bonds is 2. The van der Waals surface area contributed by atoms with Gasteiger partial charge in [-0.05, 0) is 60.9 Å². The molecule has 1 saturated carbocycles. The van der Waals surface area contributed by atoms with Gasteiger partial charge in [0.15, 0.2) is 3.55 Å². The molecule has 1 saturated heterocycles. The summed E-state index contributed by atoms with van der Waals surface area (Å²) in [6.07, 6.45) is -3.40. The SMILES string of the molecule is CC1(N)CCN(c2cc(F)cc3c2NC(C2CC2)=NS3(=O)=O)[C@](I)(C(F)(F)F)C1. The summed E-state index contributed by atoms with van der Waals surface area (Å²) < 4.78 is 83.3. The number of hydrogen-bond acceptors (Lipinski definition) is 5. The van der Waals surface area contributed by atoms with E-state index in [0.29, 0.717) is 0 Å². The van der Waals surface area contributed by atoms with Gasteiger partial charge in [0.1, 0.15) is 16.5 Å². The predicted molar refractivity (Wildman–Crippen MR) is 109 cm³/mol. The topological polar surface area (TPSA) is 87.8 Å². The molecule has 1 unspecified atom stereocenters. The highest BCUT2D eigenvalue weighted by Crippen LogP contribution is 2.53. The highest BCUT2D eigenvalue weighted by atomic mass is 127. The van der Waals surface area contributed by atoms with E-state index in [0.717, 1.165) is 29.9 Å². The fourth-order valence-corrected chi connectivity index (χ4v) is 6.40. The number of halogens is 5. The van der Waals surface area contributed by atoms with Crippen LogP contribution in [0.15, 0.2) is 21.4 Å². The van der Waals surface area contributed by atoms with Crippen LogP contribution in [0.2, 0.25) is 0 Å². The molecule has 2 fully saturated rings. The van der Waals surface area contributed by atoms with E-state index in [1.165, 1.54) is 22.6 Å². The molecular weight excluding hydrogens is 527 g/mol. The average molecular weight is 546 g/mol. The molecule has 0 spiro atoms. The maximum atomic E-state index is 14.3. The van der Waals surface area contributed by atoms with Gasteiger partial charge in [0.05, 0.1) is 11.4 Å². The Kier molecular flexibility index (Phi) is 4.67. The molecule has 0 aromatic heterocycles. The van der Waals surface area contributed by atoms with Gasteiger partial charge in [-0.3, -0.25) is 0 Å². The zero-order chi connectivity index (χ0) is 21.4. The molecule has 1 aromatic rings. The van der Waals surface area contributed by atoms with Gasteiger partial charge in [0, 0.05) is 24.4 Å². The Hall–Kier alpha value is -1.15. The molecule has 4 rings (SSSR count). The Morgan fingerprint density at radius 3 is 2.59 bits per heavy atom. The van der Waals surface area contributed by atoms with Crippen LogP contribution in [0.5, 0.6) is 0 Å². The fourth-order valence-electron chi connectivity index (χ4n) is 3.80. The Labute approximate surface area is 179 Å². The first kappa shape index (κ1) is 21.1. The third-order valence-electron chi connectivity index (χ3n) is 5.46. The van der Waals surface area contributed by atoms with Crippen LogP contribution in [0, 0.1) is 11.7 Å². The quantitative estimate of drug-likeness (QED) is 0.256. The molecule has 160 valence electrons. The lowest BCUT2D eigenvalue weighted by molar-refractivity contribution is -0.162. The summed E-state index contributed by atoms with van der Waals surface area (Å²) in [4.78, 5) is 0.557. The van der Waals surface area contributed by atoms with Crippen LogP contribution in [0.4, 0.5) is 28.9 Å². The van der Waals surface area contributed by atoms with Gasteiger partial charge in [0.2, 0.25) is 0 Å². The van der Waals surface area contributed by atoms with Crippen LogP contribution in [-0.4, -0.2) is 36.1 Å². The number of alkyl halides is 4. The summed E-state index contributed by atoms with van der Waals surface area (Å²) in [7, 11) is -4.23. The molecule has 3 aliphatic rings. The number of fused-ring (bicyclic) bond motifs is 1. The van der Waals surface area contributed by atoms with Crippen LogP contribution in [0.25, 0.3) is 0 Å². The minimum absolute atomic E-state index is 0.0609. The van der Waals surface area contributed by atoms with Gasteiger partial charge in [-0.2, -0.15) is 21.6 Å². The van der Waals surface area contributed by atoms with Crippen LogP contribution in [-0.2, 0) is 10.0 Å². The molecule has 1 aliphatic carbocycles. The van der Waals surface area contributed by atoms with E-state index in [4.69, 9.17) is 5.73 Å². The lowest BCUT2D eigenvalue weighted by Gasteiger charge is -2.51. The summed E-state index contributed by atoms with van der Waals surface area (Å²) >= 11 is 1.30. The number of nitrogens with zero attached hydrogens (tertiary/aromatic N) is 2. The maximum absolute atomic E-state index is 14.3. The largest absolute Gasteiger partial charge is 0.421 e. The fraction of sp³-hybridized carbons (Fsp3) is 0.588. The minimum atomic E-state index is -4.69. The second-order valence-corrected chi connectivity index (χ2v) is 11.5.